The van der Waals surface area contributed by atoms with Gasteiger partial charge in [-0.3, -0.25) is 4.79 Å². The van der Waals surface area contributed by atoms with Crippen LogP contribution in [0.15, 0.2) is 121 Å². The van der Waals surface area contributed by atoms with Crippen LogP contribution >= 0.6 is 0 Å². The smallest absolute Gasteiger partial charge is 0.335 e. The number of carbonyl (C=O) groups excluding carboxylic acids is 3. The Morgan fingerprint density at radius 1 is 0.547 bits per heavy atom. The molecule has 4 aromatic carbocycles. The number of urea groups is 2. The van der Waals surface area contributed by atoms with Crippen LogP contribution in [0.25, 0.3) is 33.8 Å². The van der Waals surface area contributed by atoms with Gasteiger partial charge >= 0.3 is 18.0 Å². The van der Waals surface area contributed by atoms with Gasteiger partial charge in [0.15, 0.2) is 23.3 Å². The third kappa shape index (κ3) is 15.6. The molecule has 0 radical (unpaired) electrons. The number of carboxylic acids is 1. The minimum atomic E-state index is -1.02. The van der Waals surface area contributed by atoms with Crippen molar-refractivity contribution in [2.24, 2.45) is 0 Å². The van der Waals surface area contributed by atoms with E-state index >= 15 is 0 Å². The molecule has 0 saturated carbocycles. The number of hydrogen-bond donors (Lipinski definition) is 6. The lowest BCUT2D eigenvalue weighted by molar-refractivity contribution is 0.0696. The summed E-state index contributed by atoms with van der Waals surface area (Å²) < 4.78 is 14.9. The molecule has 12 rings (SSSR count). The number of morpholine rings is 2. The number of piperazine rings is 1. The second-order valence-corrected chi connectivity index (χ2v) is 21.2. The van der Waals surface area contributed by atoms with Crippen molar-refractivity contribution in [1.82, 2.24) is 49.2 Å². The number of likely N-dealkylation sites (N-methyl/N-ethyl adjacent to an activating group) is 2. The topological polar surface area (TPSA) is 244 Å². The maximum Gasteiger partial charge on any atom is 0.335 e. The van der Waals surface area contributed by atoms with Crippen molar-refractivity contribution in [2.75, 3.05) is 144 Å². The quantitative estimate of drug-likeness (QED) is 0.0710. The molecule has 454 valence electrons. The first kappa shape index (κ1) is 63.0. The van der Waals surface area contributed by atoms with Gasteiger partial charge in [0.1, 0.15) is 11.0 Å². The lowest BCUT2D eigenvalue weighted by atomic mass is 10.2. The van der Waals surface area contributed by atoms with Crippen molar-refractivity contribution >= 4 is 69.4 Å². The van der Waals surface area contributed by atoms with Crippen LogP contribution in [0.3, 0.4) is 0 Å². The SMILES string of the molecule is C.C.CN1CCNCC1.Cc1ccc2c(N3CCOCC3)nc(-c3ccc(NC(=O)Nc4ccc(C(=O)N5CC[C@H](N(C)C)C5)cc4)cc3)nn12.Cc1ccc2c(N3CCOCC3)nc(-c3ccc(NC(=O)Nc4ccc(C(=O)O)cc4)cc3)nn12. The van der Waals surface area contributed by atoms with Crippen LogP contribution in [0.2, 0.25) is 0 Å². The Bertz CT molecular complexity index is 3560. The van der Waals surface area contributed by atoms with Gasteiger partial charge in [0.25, 0.3) is 5.91 Å². The van der Waals surface area contributed by atoms with Crippen LogP contribution in [0.1, 0.15) is 53.4 Å². The first-order valence-corrected chi connectivity index (χ1v) is 28.3. The molecule has 5 amide bonds. The van der Waals surface area contributed by atoms with Crippen molar-refractivity contribution in [2.45, 2.75) is 41.2 Å². The number of anilines is 6. The number of fused-ring (bicyclic) bond motifs is 2. The summed E-state index contributed by atoms with van der Waals surface area (Å²) in [6, 6.07) is 35.4. The number of aromatic carboxylic acids is 1. The Hall–Kier alpha value is -9.00. The number of ether oxygens (including phenoxy) is 2. The van der Waals surface area contributed by atoms with E-state index in [4.69, 9.17) is 34.7 Å². The van der Waals surface area contributed by atoms with Crippen LogP contribution in [-0.4, -0.2) is 192 Å². The molecule has 4 aliphatic rings. The highest BCUT2D eigenvalue weighted by Gasteiger charge is 2.28. The highest BCUT2D eigenvalue weighted by Crippen LogP contribution is 2.29. The number of aromatic nitrogens is 6. The van der Waals surface area contributed by atoms with Crippen LogP contribution in [0.5, 0.6) is 0 Å². The highest BCUT2D eigenvalue weighted by molar-refractivity contribution is 6.01. The molecule has 23 heteroatoms. The third-order valence-corrected chi connectivity index (χ3v) is 15.1. The first-order chi connectivity index (χ1) is 40.7. The van der Waals surface area contributed by atoms with E-state index in [-0.39, 0.29) is 32.4 Å². The van der Waals surface area contributed by atoms with Gasteiger partial charge in [-0.05, 0) is 163 Å². The Kier molecular flexibility index (Phi) is 21.4. The summed E-state index contributed by atoms with van der Waals surface area (Å²) >= 11 is 0. The molecular formula is C63H80N16O7. The second-order valence-electron chi connectivity index (χ2n) is 21.2. The molecule has 4 fully saturated rings. The van der Waals surface area contributed by atoms with Crippen molar-refractivity contribution in [3.63, 3.8) is 0 Å². The van der Waals surface area contributed by atoms with Gasteiger partial charge < -0.3 is 65.7 Å². The summed E-state index contributed by atoms with van der Waals surface area (Å²) in [5.74, 6) is 1.97. The van der Waals surface area contributed by atoms with E-state index in [1.807, 2.05) is 96.5 Å². The maximum atomic E-state index is 12.9. The largest absolute Gasteiger partial charge is 0.478 e. The number of carbonyl (C=O) groups is 4. The monoisotopic (exact) mass is 1170 g/mol. The van der Waals surface area contributed by atoms with Gasteiger partial charge in [0.2, 0.25) is 0 Å². The molecule has 4 saturated heterocycles. The van der Waals surface area contributed by atoms with Crippen LogP contribution in [-0.2, 0) is 9.47 Å². The molecule has 8 aromatic rings. The van der Waals surface area contributed by atoms with Gasteiger partial charge in [-0.15, -0.1) is 10.2 Å². The van der Waals surface area contributed by atoms with Crippen LogP contribution in [0.4, 0.5) is 44.0 Å². The summed E-state index contributed by atoms with van der Waals surface area (Å²) in [5, 5.41) is 32.9. The molecule has 8 heterocycles. The maximum absolute atomic E-state index is 12.9. The number of nitrogens with one attached hydrogen (secondary N) is 5. The Balaban J connectivity index is 0.000000199. The predicted molar refractivity (Wildman–Crippen MR) is 339 cm³/mol. The van der Waals surface area contributed by atoms with Crippen LogP contribution in [0, 0.1) is 13.8 Å². The summed E-state index contributed by atoms with van der Waals surface area (Å²) in [4.78, 5) is 69.5. The summed E-state index contributed by atoms with van der Waals surface area (Å²) in [6.45, 7) is 16.0. The fraction of sp³-hybridized carbons (Fsp3) is 0.365. The average molecular weight is 1170 g/mol. The molecule has 0 unspecified atom stereocenters. The fourth-order valence-electron chi connectivity index (χ4n) is 10.2. The number of likely N-dealkylation sites (tertiary alicyclic amines) is 1. The van der Waals surface area contributed by atoms with Crippen molar-refractivity contribution < 1.29 is 33.8 Å². The van der Waals surface area contributed by atoms with Crippen molar-refractivity contribution in [3.05, 3.63) is 144 Å². The van der Waals surface area contributed by atoms with Crippen molar-refractivity contribution in [3.8, 4) is 22.8 Å². The fourth-order valence-corrected chi connectivity index (χ4v) is 10.2. The van der Waals surface area contributed by atoms with E-state index in [9.17, 15) is 19.2 Å². The van der Waals surface area contributed by atoms with Gasteiger partial charge in [-0.2, -0.15) is 0 Å². The summed E-state index contributed by atoms with van der Waals surface area (Å²) in [7, 11) is 6.24. The molecule has 23 nitrogen and oxygen atoms in total. The summed E-state index contributed by atoms with van der Waals surface area (Å²) in [5.41, 5.74) is 8.75. The third-order valence-electron chi connectivity index (χ3n) is 15.1. The molecule has 1 atom stereocenters. The molecule has 6 N–H and O–H groups in total. The number of hydrogen-bond acceptors (Lipinski definition) is 15. The Labute approximate surface area is 502 Å². The molecule has 4 aromatic heterocycles. The zero-order chi connectivity index (χ0) is 58.7. The van der Waals surface area contributed by atoms with Gasteiger partial charge in [0, 0.05) is 122 Å². The zero-order valence-corrected chi connectivity index (χ0v) is 48.0. The normalized spacial score (nSPS) is 16.0. The lowest BCUT2D eigenvalue weighted by Gasteiger charge is -2.28. The number of amides is 5. The molecular weight excluding hydrogens is 1090 g/mol. The Morgan fingerprint density at radius 2 is 0.942 bits per heavy atom. The van der Waals surface area contributed by atoms with E-state index in [2.05, 4.69) is 59.3 Å². The number of nitrogens with zero attached hydrogens (tertiary/aromatic N) is 11. The van der Waals surface area contributed by atoms with E-state index in [0.29, 0.717) is 72.4 Å². The minimum Gasteiger partial charge on any atom is -0.478 e. The van der Waals surface area contributed by atoms with E-state index < -0.39 is 12.0 Å². The molecule has 0 aliphatic carbocycles. The summed E-state index contributed by atoms with van der Waals surface area (Å²) in [6.07, 6.45) is 0.976. The average Bonchev–Trinajstić information content (AvgIpc) is 2.25. The number of benzene rings is 4. The molecule has 0 spiro atoms. The van der Waals surface area contributed by atoms with Crippen LogP contribution < -0.4 is 36.4 Å². The van der Waals surface area contributed by atoms with E-state index in [1.165, 1.54) is 37.4 Å². The predicted octanol–water partition coefficient (Wildman–Crippen LogP) is 8.64. The molecule has 4 aliphatic heterocycles. The Morgan fingerprint density at radius 3 is 1.30 bits per heavy atom. The molecule has 0 bridgehead atoms. The number of aryl methyl sites for hydroxylation is 2. The van der Waals surface area contributed by atoms with Gasteiger partial charge in [0.05, 0.1) is 32.0 Å². The zero-order valence-electron chi connectivity index (χ0n) is 48.0. The number of carboxylic acid groups (broad SMARTS) is 1. The highest BCUT2D eigenvalue weighted by atomic mass is 16.5. The standard InChI is InChI=1S/C31H36N8O3.C25H24N6O4.C5H12N2.2CH4/c1-21-4-13-27-29(37-16-18-42-19-17-37)34-28(35-39(21)27)22-5-9-24(10-6-22)32-31(41)33-25-11-7-23(8-12-25)30(40)38-15-14-26(20-38)36(2)3;1-16-2-11-21-23(30-12-14-35-15-13-30)28-22(29-31(16)21)17-3-7-19(8-4-17)26-25(34)27-20-9-5-18(6-10-20)24(32)33;1-7-4-2-6-3-5-7;;/h4-13,26H,14-20H2,1-3H3,(H2,32,33,41);2-11H,12-15H2,1H3,(H,32,33)(H2,26,27,34);6H,2-5H2,1H3;2*1H4/t26-;;;;/m0..../s1. The van der Waals surface area contributed by atoms with Gasteiger partial charge in [-0.1, -0.05) is 14.9 Å². The second kappa shape index (κ2) is 29.2. The first-order valence-electron chi connectivity index (χ1n) is 28.3. The van der Waals surface area contributed by atoms with E-state index in [0.717, 1.165) is 104 Å². The van der Waals surface area contributed by atoms with Gasteiger partial charge in [-0.25, -0.2) is 33.4 Å². The lowest BCUT2D eigenvalue weighted by Crippen LogP contribution is -2.40. The van der Waals surface area contributed by atoms with Crippen molar-refractivity contribution in [1.29, 1.82) is 0 Å². The van der Waals surface area contributed by atoms with E-state index in [1.54, 1.807) is 36.4 Å². The minimum absolute atomic E-state index is 0. The number of rotatable bonds is 11. The molecule has 86 heavy (non-hydrogen) atoms.